The molecule has 1 N–H and O–H groups in total. The fraction of sp³-hybridized carbons (Fsp3) is 0.368. The molecule has 0 bridgehead atoms. The second-order valence-corrected chi connectivity index (χ2v) is 6.58. The van der Waals surface area contributed by atoms with Gasteiger partial charge in [-0.1, -0.05) is 0 Å². The first-order chi connectivity index (χ1) is 13.4. The molecule has 1 amide bonds. The van der Waals surface area contributed by atoms with Crippen molar-refractivity contribution in [3.8, 4) is 17.0 Å². The largest absolute Gasteiger partial charge is 0.496 e. The molecule has 0 spiro atoms. The summed E-state index contributed by atoms with van der Waals surface area (Å²) in [5.74, 6) is -2.12. The van der Waals surface area contributed by atoms with Gasteiger partial charge in [0, 0.05) is 30.8 Å². The highest BCUT2D eigenvalue weighted by Gasteiger charge is 2.28. The van der Waals surface area contributed by atoms with Crippen LogP contribution in [0.3, 0.4) is 0 Å². The third kappa shape index (κ3) is 4.19. The van der Waals surface area contributed by atoms with Crippen molar-refractivity contribution in [2.75, 3.05) is 20.2 Å². The normalized spacial score (nSPS) is 16.6. The average molecular weight is 389 g/mol. The Morgan fingerprint density at radius 3 is 2.82 bits per heavy atom. The number of hydrogen-bond donors (Lipinski definition) is 1. The lowest BCUT2D eigenvalue weighted by molar-refractivity contribution is -0.145. The van der Waals surface area contributed by atoms with E-state index in [1.807, 2.05) is 0 Å². The Morgan fingerprint density at radius 2 is 2.11 bits per heavy atom. The Labute approximate surface area is 160 Å². The maximum absolute atomic E-state index is 13.4. The molecule has 9 heteroatoms. The van der Waals surface area contributed by atoms with Crippen LogP contribution >= 0.6 is 0 Å². The number of carbonyl (C=O) groups is 2. The molecule has 28 heavy (non-hydrogen) atoms. The lowest BCUT2D eigenvalue weighted by Crippen LogP contribution is -2.44. The molecule has 1 aromatic heterocycles. The van der Waals surface area contributed by atoms with Crippen molar-refractivity contribution in [3.63, 3.8) is 0 Å². The molecule has 2 heterocycles. The predicted molar refractivity (Wildman–Crippen MR) is 97.4 cm³/mol. The first kappa shape index (κ1) is 19.5. The molecule has 0 radical (unpaired) electrons. The number of hydrogen-bond acceptors (Lipinski definition) is 5. The van der Waals surface area contributed by atoms with Gasteiger partial charge in [-0.25, -0.2) is 9.07 Å². The Hall–Kier alpha value is -3.23. The van der Waals surface area contributed by atoms with E-state index in [4.69, 9.17) is 9.84 Å². The SMILES string of the molecule is COc1cc(F)ccc1-c1ccc(=O)n(CC(=O)N2CCC[C@@H](C(=O)O)C2)n1. The van der Waals surface area contributed by atoms with Gasteiger partial charge in [0.05, 0.1) is 18.7 Å². The van der Waals surface area contributed by atoms with E-state index < -0.39 is 23.3 Å². The zero-order chi connectivity index (χ0) is 20.3. The molecule has 1 fully saturated rings. The minimum absolute atomic E-state index is 0.119. The number of piperidine rings is 1. The van der Waals surface area contributed by atoms with Crippen LogP contribution in [0.5, 0.6) is 5.75 Å². The molecule has 1 aliphatic heterocycles. The Morgan fingerprint density at radius 1 is 1.32 bits per heavy atom. The number of nitrogens with zero attached hydrogens (tertiary/aromatic N) is 3. The van der Waals surface area contributed by atoms with Gasteiger partial charge >= 0.3 is 5.97 Å². The quantitative estimate of drug-likeness (QED) is 0.829. The highest BCUT2D eigenvalue weighted by atomic mass is 19.1. The highest BCUT2D eigenvalue weighted by molar-refractivity contribution is 5.78. The van der Waals surface area contributed by atoms with Crippen molar-refractivity contribution < 1.29 is 23.8 Å². The van der Waals surface area contributed by atoms with E-state index in [2.05, 4.69) is 5.10 Å². The third-order valence-corrected chi connectivity index (χ3v) is 4.71. The van der Waals surface area contributed by atoms with Gasteiger partial charge in [-0.3, -0.25) is 14.4 Å². The van der Waals surface area contributed by atoms with Gasteiger partial charge in [-0.2, -0.15) is 5.10 Å². The summed E-state index contributed by atoms with van der Waals surface area (Å²) in [5, 5.41) is 13.4. The molecule has 1 atom stereocenters. The van der Waals surface area contributed by atoms with Crippen LogP contribution in [0.15, 0.2) is 35.1 Å². The molecule has 0 aliphatic carbocycles. The van der Waals surface area contributed by atoms with E-state index in [0.717, 1.165) is 4.68 Å². The summed E-state index contributed by atoms with van der Waals surface area (Å²) in [6, 6.07) is 6.68. The minimum atomic E-state index is -0.932. The van der Waals surface area contributed by atoms with Crippen LogP contribution in [0.1, 0.15) is 12.8 Å². The maximum atomic E-state index is 13.4. The molecule has 0 unspecified atom stereocenters. The minimum Gasteiger partial charge on any atom is -0.496 e. The molecular weight excluding hydrogens is 369 g/mol. The van der Waals surface area contributed by atoms with E-state index in [0.29, 0.717) is 30.6 Å². The highest BCUT2D eigenvalue weighted by Crippen LogP contribution is 2.28. The fourth-order valence-corrected chi connectivity index (χ4v) is 3.22. The first-order valence-corrected chi connectivity index (χ1v) is 8.81. The molecule has 8 nitrogen and oxygen atoms in total. The number of benzene rings is 1. The number of methoxy groups -OCH3 is 1. The lowest BCUT2D eigenvalue weighted by Gasteiger charge is -2.30. The van der Waals surface area contributed by atoms with Crippen LogP contribution in [-0.2, 0) is 16.1 Å². The van der Waals surface area contributed by atoms with Gasteiger partial charge in [0.1, 0.15) is 18.1 Å². The number of aliphatic carboxylic acids is 1. The van der Waals surface area contributed by atoms with Crippen LogP contribution in [0.4, 0.5) is 4.39 Å². The van der Waals surface area contributed by atoms with E-state index in [1.54, 1.807) is 0 Å². The zero-order valence-corrected chi connectivity index (χ0v) is 15.3. The second kappa shape index (κ2) is 8.20. The van der Waals surface area contributed by atoms with Crippen molar-refractivity contribution in [1.29, 1.82) is 0 Å². The predicted octanol–water partition coefficient (Wildman–Crippen LogP) is 1.38. The number of carboxylic acid groups (broad SMARTS) is 1. The Kier molecular flexibility index (Phi) is 5.72. The van der Waals surface area contributed by atoms with Gasteiger partial charge in [0.15, 0.2) is 0 Å². The van der Waals surface area contributed by atoms with Crippen LogP contribution in [-0.4, -0.2) is 51.9 Å². The lowest BCUT2D eigenvalue weighted by atomic mass is 9.98. The number of rotatable bonds is 5. The Balaban J connectivity index is 1.83. The van der Waals surface area contributed by atoms with Gasteiger partial charge < -0.3 is 14.7 Å². The number of carbonyl (C=O) groups excluding carboxylic acids is 1. The number of halogens is 1. The zero-order valence-electron chi connectivity index (χ0n) is 15.3. The van der Waals surface area contributed by atoms with Crippen molar-refractivity contribution in [1.82, 2.24) is 14.7 Å². The van der Waals surface area contributed by atoms with E-state index in [9.17, 15) is 18.8 Å². The Bertz CT molecular complexity index is 959. The summed E-state index contributed by atoms with van der Waals surface area (Å²) in [6.07, 6.45) is 1.12. The van der Waals surface area contributed by atoms with Gasteiger partial charge in [-0.15, -0.1) is 0 Å². The third-order valence-electron chi connectivity index (χ3n) is 4.71. The van der Waals surface area contributed by atoms with Crippen molar-refractivity contribution in [3.05, 3.63) is 46.5 Å². The summed E-state index contributed by atoms with van der Waals surface area (Å²) < 4.78 is 19.6. The van der Waals surface area contributed by atoms with E-state index in [1.165, 1.54) is 42.3 Å². The van der Waals surface area contributed by atoms with E-state index in [-0.39, 0.29) is 24.7 Å². The van der Waals surface area contributed by atoms with Gasteiger partial charge in [0.2, 0.25) is 5.91 Å². The van der Waals surface area contributed by atoms with Gasteiger partial charge in [0.25, 0.3) is 5.56 Å². The molecule has 3 rings (SSSR count). The summed E-state index contributed by atoms with van der Waals surface area (Å²) in [7, 11) is 1.40. The van der Waals surface area contributed by atoms with Crippen molar-refractivity contribution in [2.24, 2.45) is 5.92 Å². The van der Waals surface area contributed by atoms with Crippen LogP contribution in [0.25, 0.3) is 11.3 Å². The molecule has 1 saturated heterocycles. The van der Waals surface area contributed by atoms with Crippen molar-refractivity contribution in [2.45, 2.75) is 19.4 Å². The van der Waals surface area contributed by atoms with Crippen LogP contribution in [0, 0.1) is 11.7 Å². The fourth-order valence-electron chi connectivity index (χ4n) is 3.22. The standard InChI is InChI=1S/C19H20FN3O5/c1-28-16-9-13(20)4-5-14(16)15-6-7-17(24)23(21-15)11-18(25)22-8-2-3-12(10-22)19(26)27/h4-7,9,12H,2-3,8,10-11H2,1H3,(H,26,27)/t12-/m1/s1. The maximum Gasteiger partial charge on any atom is 0.308 e. The topological polar surface area (TPSA) is 102 Å². The average Bonchev–Trinajstić information content (AvgIpc) is 2.69. The molecule has 0 saturated carbocycles. The van der Waals surface area contributed by atoms with Crippen LogP contribution in [0.2, 0.25) is 0 Å². The summed E-state index contributed by atoms with van der Waals surface area (Å²) in [5.41, 5.74) is 0.366. The summed E-state index contributed by atoms with van der Waals surface area (Å²) in [6.45, 7) is 0.264. The molecule has 1 aromatic carbocycles. The smallest absolute Gasteiger partial charge is 0.308 e. The van der Waals surface area contributed by atoms with Crippen LogP contribution < -0.4 is 10.3 Å². The number of amides is 1. The number of likely N-dealkylation sites (tertiary alicyclic amines) is 1. The monoisotopic (exact) mass is 389 g/mol. The number of aromatic nitrogens is 2. The second-order valence-electron chi connectivity index (χ2n) is 6.58. The molecule has 1 aliphatic rings. The summed E-state index contributed by atoms with van der Waals surface area (Å²) in [4.78, 5) is 37.3. The first-order valence-electron chi connectivity index (χ1n) is 8.81. The van der Waals surface area contributed by atoms with Crippen molar-refractivity contribution >= 4 is 11.9 Å². The van der Waals surface area contributed by atoms with E-state index >= 15 is 0 Å². The number of carboxylic acids is 1. The molecule has 148 valence electrons. The van der Waals surface area contributed by atoms with Gasteiger partial charge in [-0.05, 0) is 31.0 Å². The molecular formula is C19H20FN3O5. The summed E-state index contributed by atoms with van der Waals surface area (Å²) >= 11 is 0. The molecule has 2 aromatic rings. The number of ether oxygens (including phenoxy) is 1.